The number of benzene rings is 2. The van der Waals surface area contributed by atoms with Crippen molar-refractivity contribution in [1.29, 1.82) is 0 Å². The van der Waals surface area contributed by atoms with Crippen molar-refractivity contribution in [1.82, 2.24) is 25.4 Å². The van der Waals surface area contributed by atoms with Crippen LogP contribution in [0.5, 0.6) is 5.75 Å². The number of fused-ring (bicyclic) bond motifs is 6. The van der Waals surface area contributed by atoms with Gasteiger partial charge in [-0.1, -0.05) is 44.2 Å². The van der Waals surface area contributed by atoms with Crippen LogP contribution in [0.4, 0.5) is 5.69 Å². The van der Waals surface area contributed by atoms with Crippen molar-refractivity contribution in [2.45, 2.75) is 92.6 Å². The third-order valence-electron chi connectivity index (χ3n) is 17.0. The number of methoxy groups -OCH3 is 2. The smallest absolute Gasteiger partial charge is 0.322 e. The lowest BCUT2D eigenvalue weighted by Crippen LogP contribution is -2.81. The molecule has 16 nitrogen and oxygen atoms in total. The van der Waals surface area contributed by atoms with E-state index in [1.165, 1.54) is 7.11 Å². The van der Waals surface area contributed by atoms with E-state index in [0.29, 0.717) is 116 Å². The Bertz CT molecular complexity index is 2360. The number of piperidine rings is 1. The zero-order valence-corrected chi connectivity index (χ0v) is 40.9. The van der Waals surface area contributed by atoms with Crippen LogP contribution in [-0.2, 0) is 45.8 Å². The fourth-order valence-corrected chi connectivity index (χ4v) is 14.1. The van der Waals surface area contributed by atoms with E-state index >= 15 is 4.79 Å². The molecule has 10 atom stereocenters. The Morgan fingerprint density at radius 3 is 2.35 bits per heavy atom. The van der Waals surface area contributed by atoms with Gasteiger partial charge in [-0.2, -0.15) is 0 Å². The summed E-state index contributed by atoms with van der Waals surface area (Å²) in [5, 5.41) is 45.4. The Morgan fingerprint density at radius 1 is 0.912 bits per heavy atom. The van der Waals surface area contributed by atoms with Gasteiger partial charge in [0.15, 0.2) is 5.60 Å². The average molecular weight is 943 g/mol. The Hall–Kier alpha value is -4.10. The molecule has 4 unspecified atom stereocenters. The molecule has 1 saturated carbocycles. The number of carbonyl (C=O) groups is 2. The van der Waals surface area contributed by atoms with E-state index in [4.69, 9.17) is 23.7 Å². The Morgan fingerprint density at radius 2 is 1.65 bits per heavy atom. The number of aromatic amines is 1. The van der Waals surface area contributed by atoms with E-state index in [1.54, 1.807) is 7.11 Å². The lowest BCUT2D eigenvalue weighted by atomic mass is 9.47. The maximum atomic E-state index is 15.4. The number of anilines is 1. The van der Waals surface area contributed by atoms with Crippen molar-refractivity contribution < 1.29 is 48.6 Å². The number of hydrogen-bond acceptors (Lipinski definition) is 14. The fourth-order valence-electron chi connectivity index (χ4n) is 14.1. The Labute approximate surface area is 400 Å². The number of amides is 1. The van der Waals surface area contributed by atoms with Crippen LogP contribution in [0.1, 0.15) is 68.3 Å². The molecule has 1 spiro atoms. The van der Waals surface area contributed by atoms with Gasteiger partial charge in [0.1, 0.15) is 17.3 Å². The molecule has 2 bridgehead atoms. The monoisotopic (exact) mass is 943 g/mol. The number of aliphatic hydroxyl groups is 3. The summed E-state index contributed by atoms with van der Waals surface area (Å²) in [5.74, 6) is -0.733. The van der Waals surface area contributed by atoms with Crippen molar-refractivity contribution in [3.05, 3.63) is 70.9 Å². The quantitative estimate of drug-likeness (QED) is 0.0621. The molecule has 2 aromatic carbocycles. The number of para-hydroxylation sites is 1. The number of H-pyrrole nitrogens is 1. The average Bonchev–Trinajstić information content (AvgIpc) is 4.01. The highest BCUT2D eigenvalue weighted by Gasteiger charge is 2.78. The zero-order chi connectivity index (χ0) is 48.1. The standard InChI is InChI=1S/C52H74N6O10/c1-7-48(62)30-34-31-51(47(61)65-6,42-36(14-20-57(32-34)33-48)35-12-9-10-13-39(35)55-42)38-28-37-40(29-41(38)64-5)56(4)44-50(37)16-21-58-19-11-15-49(8-2,43(50)58)45(59)52(44,63)46(60)54-18-23-67-25-27-68-26-24-66-22-17-53-3/h9-13,15,28-29,34,43-45,53,55,59,62-63H,7-8,14,16-27,30-33H2,1-6H3,(H,54,60)/t34?,43-,44+,45+,48-,49+,50?,51-,52?/m0/s1. The summed E-state index contributed by atoms with van der Waals surface area (Å²) in [6.45, 7) is 10.7. The van der Waals surface area contributed by atoms with Crippen LogP contribution in [0.25, 0.3) is 10.9 Å². The van der Waals surface area contributed by atoms with Gasteiger partial charge in [0.2, 0.25) is 0 Å². The highest BCUT2D eigenvalue weighted by Crippen LogP contribution is 2.67. The van der Waals surface area contributed by atoms with E-state index in [-0.39, 0.29) is 25.1 Å². The van der Waals surface area contributed by atoms with Crippen molar-refractivity contribution >= 4 is 28.5 Å². The molecule has 1 aromatic heterocycles. The van der Waals surface area contributed by atoms with Gasteiger partial charge in [0.05, 0.1) is 65.5 Å². The molecule has 5 aliphatic heterocycles. The summed E-state index contributed by atoms with van der Waals surface area (Å²) >= 11 is 0. The van der Waals surface area contributed by atoms with Gasteiger partial charge < -0.3 is 59.5 Å². The first-order chi connectivity index (χ1) is 32.8. The van der Waals surface area contributed by atoms with Gasteiger partial charge in [0, 0.05) is 97.1 Å². The summed E-state index contributed by atoms with van der Waals surface area (Å²) in [6, 6.07) is 11.1. The molecule has 3 aromatic rings. The number of likely N-dealkylation sites (N-methyl/N-ethyl adjacent to an activating group) is 2. The van der Waals surface area contributed by atoms with Gasteiger partial charge >= 0.3 is 5.97 Å². The molecule has 2 saturated heterocycles. The van der Waals surface area contributed by atoms with Gasteiger partial charge in [-0.15, -0.1) is 0 Å². The maximum Gasteiger partial charge on any atom is 0.322 e. The zero-order valence-electron chi connectivity index (χ0n) is 40.9. The summed E-state index contributed by atoms with van der Waals surface area (Å²) in [5.41, 5.74) is -1.57. The van der Waals surface area contributed by atoms with Gasteiger partial charge in [-0.3, -0.25) is 19.4 Å². The number of hydrogen-bond donors (Lipinski definition) is 6. The fraction of sp³-hybridized carbons (Fsp3) is 0.654. The number of nitrogens with one attached hydrogen (secondary N) is 3. The molecule has 372 valence electrons. The Kier molecular flexibility index (Phi) is 13.8. The van der Waals surface area contributed by atoms with Gasteiger partial charge in [-0.25, -0.2) is 0 Å². The van der Waals surface area contributed by atoms with Crippen molar-refractivity contribution in [3.63, 3.8) is 0 Å². The van der Waals surface area contributed by atoms with Crippen LogP contribution in [0, 0.1) is 11.3 Å². The van der Waals surface area contributed by atoms with E-state index in [0.717, 1.165) is 40.0 Å². The van der Waals surface area contributed by atoms with Crippen molar-refractivity contribution in [2.24, 2.45) is 11.3 Å². The normalized spacial score (nSPS) is 33.8. The van der Waals surface area contributed by atoms with E-state index in [1.807, 2.05) is 63.2 Å². The molecule has 68 heavy (non-hydrogen) atoms. The number of rotatable bonds is 18. The van der Waals surface area contributed by atoms with Crippen LogP contribution in [0.2, 0.25) is 0 Å². The predicted octanol–water partition coefficient (Wildman–Crippen LogP) is 2.63. The minimum atomic E-state index is -2.29. The molecule has 3 fully saturated rings. The highest BCUT2D eigenvalue weighted by molar-refractivity contribution is 5.95. The topological polar surface area (TPSA) is 191 Å². The van der Waals surface area contributed by atoms with E-state index < -0.39 is 51.5 Å². The second-order valence-corrected chi connectivity index (χ2v) is 20.3. The first-order valence-electron chi connectivity index (χ1n) is 24.9. The van der Waals surface area contributed by atoms with Gasteiger partial charge in [0.25, 0.3) is 5.91 Å². The number of nitrogens with zero attached hydrogens (tertiary/aromatic N) is 3. The van der Waals surface area contributed by atoms with E-state index in [2.05, 4.69) is 43.6 Å². The summed E-state index contributed by atoms with van der Waals surface area (Å²) in [7, 11) is 6.83. The SMILES string of the molecule is CC[C@]1(O)CC2CN(CCc3c([nH]c4ccccc34)[C@@](C(=O)OC)(c3cc4c(cc3OC)N(C)[C@H]3C(O)(C(=O)NCCOCCOCCOCCNC)[C@H](O)[C@]5(CC)C=CCN6CCC43[C@@H]65)C2)C1. The molecule has 16 heteroatoms. The lowest BCUT2D eigenvalue weighted by molar-refractivity contribution is -0.203. The maximum absolute atomic E-state index is 15.4. The van der Waals surface area contributed by atoms with Crippen molar-refractivity contribution in [2.75, 3.05) is 119 Å². The number of ether oxygens (including phenoxy) is 5. The molecule has 1 amide bonds. The molecule has 1 aliphatic carbocycles. The van der Waals surface area contributed by atoms with E-state index in [9.17, 15) is 20.1 Å². The third kappa shape index (κ3) is 7.59. The number of carbonyl (C=O) groups excluding carboxylic acids is 2. The number of aromatic nitrogens is 1. The number of esters is 1. The predicted molar refractivity (Wildman–Crippen MR) is 258 cm³/mol. The molecule has 9 rings (SSSR count). The first kappa shape index (κ1) is 48.9. The molecule has 6 aliphatic rings. The first-order valence-corrected chi connectivity index (χ1v) is 24.9. The molecule has 6 N–H and O–H groups in total. The largest absolute Gasteiger partial charge is 0.496 e. The second-order valence-electron chi connectivity index (χ2n) is 20.3. The van der Waals surface area contributed by atoms with Crippen LogP contribution in [-0.4, -0.2) is 185 Å². The lowest BCUT2D eigenvalue weighted by Gasteiger charge is -2.63. The Balaban J connectivity index is 1.14. The second kappa shape index (κ2) is 19.2. The van der Waals surface area contributed by atoms with Crippen molar-refractivity contribution in [3.8, 4) is 5.75 Å². The van der Waals surface area contributed by atoms with Crippen LogP contribution in [0.15, 0.2) is 48.6 Å². The minimum absolute atomic E-state index is 0.0992. The summed E-state index contributed by atoms with van der Waals surface area (Å²) < 4.78 is 29.4. The van der Waals surface area contributed by atoms with Gasteiger partial charge in [-0.05, 0) is 81.3 Å². The number of aliphatic hydroxyl groups excluding tert-OH is 1. The van der Waals surface area contributed by atoms with Crippen LogP contribution >= 0.6 is 0 Å². The van der Waals surface area contributed by atoms with Crippen LogP contribution in [0.3, 0.4) is 0 Å². The molecule has 6 heterocycles. The van der Waals surface area contributed by atoms with Crippen LogP contribution < -0.4 is 20.3 Å². The summed E-state index contributed by atoms with van der Waals surface area (Å²) in [4.78, 5) is 40.9. The minimum Gasteiger partial charge on any atom is -0.496 e. The molecular weight excluding hydrogens is 869 g/mol. The molecular formula is C52H74N6O10. The third-order valence-corrected chi connectivity index (χ3v) is 17.0. The summed E-state index contributed by atoms with van der Waals surface area (Å²) in [6.07, 6.45) is 5.77. The highest BCUT2D eigenvalue weighted by atomic mass is 16.5. The molecule has 0 radical (unpaired) electrons.